The van der Waals surface area contributed by atoms with Gasteiger partial charge in [-0.25, -0.2) is 4.98 Å². The second-order valence-electron chi connectivity index (χ2n) is 9.09. The highest BCUT2D eigenvalue weighted by atomic mass is 35.5. The Hall–Kier alpha value is -3.66. The second-order valence-corrected chi connectivity index (χ2v) is 10.9. The third-order valence-corrected chi connectivity index (χ3v) is 8.12. The number of aliphatic hydroxyl groups excluding tert-OH is 1. The predicted octanol–water partition coefficient (Wildman–Crippen LogP) is 6.77. The third kappa shape index (κ3) is 4.50. The molecule has 39 heavy (non-hydrogen) atoms. The lowest BCUT2D eigenvalue weighted by molar-refractivity contribution is -0.132. The number of carbonyl (C=O) groups excluding carboxylic acids is 2. The number of pyridine rings is 1. The highest BCUT2D eigenvalue weighted by Crippen LogP contribution is 2.48. The molecule has 5 rings (SSSR count). The van der Waals surface area contributed by atoms with Crippen LogP contribution in [-0.4, -0.2) is 41.0 Å². The van der Waals surface area contributed by atoms with Crippen LogP contribution < -0.4 is 14.4 Å². The summed E-state index contributed by atoms with van der Waals surface area (Å²) in [4.78, 5) is 37.4. The van der Waals surface area contributed by atoms with Gasteiger partial charge in [0.2, 0.25) is 0 Å². The van der Waals surface area contributed by atoms with Crippen LogP contribution in [0.4, 0.5) is 5.13 Å². The van der Waals surface area contributed by atoms with Gasteiger partial charge in [-0.15, -0.1) is 0 Å². The Morgan fingerprint density at radius 2 is 1.82 bits per heavy atom. The summed E-state index contributed by atoms with van der Waals surface area (Å²) in [6, 6.07) is 11.3. The molecule has 1 unspecified atom stereocenters. The lowest BCUT2D eigenvalue weighted by Gasteiger charge is -2.22. The van der Waals surface area contributed by atoms with Gasteiger partial charge in [0, 0.05) is 6.20 Å². The minimum atomic E-state index is -1.07. The maximum atomic E-state index is 13.5. The molecule has 0 radical (unpaired) electrons. The van der Waals surface area contributed by atoms with Gasteiger partial charge in [-0.2, -0.15) is 0 Å². The summed E-state index contributed by atoms with van der Waals surface area (Å²) in [5, 5.41) is 12.0. The number of ketones is 1. The first-order valence-corrected chi connectivity index (χ1v) is 13.5. The first-order chi connectivity index (χ1) is 18.7. The molecule has 200 valence electrons. The maximum Gasteiger partial charge on any atom is 0.301 e. The van der Waals surface area contributed by atoms with Gasteiger partial charge in [0.15, 0.2) is 16.6 Å². The third-order valence-electron chi connectivity index (χ3n) is 6.48. The van der Waals surface area contributed by atoms with E-state index < -0.39 is 23.5 Å². The van der Waals surface area contributed by atoms with Gasteiger partial charge in [-0.3, -0.25) is 19.5 Å². The summed E-state index contributed by atoms with van der Waals surface area (Å²) < 4.78 is 11.6. The Kier molecular flexibility index (Phi) is 7.24. The first-order valence-electron chi connectivity index (χ1n) is 11.9. The number of hydrogen-bond acceptors (Lipinski definition) is 8. The minimum absolute atomic E-state index is 0.00444. The molecule has 1 fully saturated rings. The van der Waals surface area contributed by atoms with Crippen LogP contribution in [0.2, 0.25) is 10.0 Å². The Labute approximate surface area is 238 Å². The monoisotopic (exact) mass is 583 g/mol. The lowest BCUT2D eigenvalue weighted by Crippen LogP contribution is -2.29. The lowest BCUT2D eigenvalue weighted by atomic mass is 9.98. The van der Waals surface area contributed by atoms with Crippen molar-refractivity contribution in [1.29, 1.82) is 0 Å². The van der Waals surface area contributed by atoms with Gasteiger partial charge in [0.05, 0.1) is 46.3 Å². The van der Waals surface area contributed by atoms with Gasteiger partial charge >= 0.3 is 5.91 Å². The van der Waals surface area contributed by atoms with Crippen LogP contribution in [0.5, 0.6) is 11.5 Å². The van der Waals surface area contributed by atoms with E-state index in [0.29, 0.717) is 22.3 Å². The Morgan fingerprint density at radius 1 is 1.08 bits per heavy atom. The zero-order valence-electron chi connectivity index (χ0n) is 21.4. The number of Topliss-reactive ketones (excluding diaryl/α,β-unsaturated/α-hetero) is 1. The van der Waals surface area contributed by atoms with Crippen LogP contribution in [0.3, 0.4) is 0 Å². The van der Waals surface area contributed by atoms with Crippen molar-refractivity contribution in [2.75, 3.05) is 19.1 Å². The minimum Gasteiger partial charge on any atom is -0.507 e. The quantitative estimate of drug-likeness (QED) is 0.152. The molecule has 8 nitrogen and oxygen atoms in total. The van der Waals surface area contributed by atoms with E-state index in [1.165, 1.54) is 36.5 Å². The molecule has 0 bridgehead atoms. The fourth-order valence-corrected chi connectivity index (χ4v) is 6.26. The maximum absolute atomic E-state index is 13.5. The van der Waals surface area contributed by atoms with Crippen molar-refractivity contribution in [3.63, 3.8) is 0 Å². The number of amides is 1. The van der Waals surface area contributed by atoms with Gasteiger partial charge in [0.1, 0.15) is 16.8 Å². The number of thiazole rings is 1. The largest absolute Gasteiger partial charge is 0.507 e. The number of benzene rings is 2. The van der Waals surface area contributed by atoms with E-state index in [1.807, 2.05) is 18.2 Å². The summed E-state index contributed by atoms with van der Waals surface area (Å²) in [6.45, 7) is 4.18. The highest BCUT2D eigenvalue weighted by Gasteiger charge is 2.49. The van der Waals surface area contributed by atoms with Crippen LogP contribution in [0, 0.1) is 0 Å². The van der Waals surface area contributed by atoms with E-state index in [1.54, 1.807) is 24.4 Å². The average molecular weight is 584 g/mol. The topological polar surface area (TPSA) is 102 Å². The number of aromatic nitrogens is 2. The zero-order valence-corrected chi connectivity index (χ0v) is 23.7. The molecule has 1 N–H and O–H groups in total. The average Bonchev–Trinajstić information content (AvgIpc) is 3.46. The number of carbonyl (C=O) groups is 2. The molecule has 1 saturated heterocycles. The molecular formula is C28H23Cl2N3O5S. The molecule has 2 aromatic heterocycles. The second kappa shape index (κ2) is 10.5. The number of hydrogen-bond donors (Lipinski definition) is 1. The molecule has 2 aromatic carbocycles. The molecule has 4 aromatic rings. The SMILES string of the molecule is COc1c(Cl)cc(/C(O)=C2\C(=O)C(=O)N(c3nc4ccc(C(C)C)cc4s3)C2c2ccccn2)c(OC)c1Cl. The van der Waals surface area contributed by atoms with Gasteiger partial charge in [-0.05, 0) is 41.8 Å². The molecular weight excluding hydrogens is 561 g/mol. The Bertz CT molecular complexity index is 1650. The van der Waals surface area contributed by atoms with Crippen LogP contribution in [0.1, 0.15) is 42.6 Å². The van der Waals surface area contributed by atoms with Crippen molar-refractivity contribution in [3.05, 3.63) is 81.1 Å². The number of fused-ring (bicyclic) bond motifs is 1. The van der Waals surface area contributed by atoms with E-state index in [-0.39, 0.29) is 32.7 Å². The van der Waals surface area contributed by atoms with E-state index in [4.69, 9.17) is 32.7 Å². The number of nitrogens with zero attached hydrogens (tertiary/aromatic N) is 3. The molecule has 0 spiro atoms. The number of ether oxygens (including phenoxy) is 2. The Balaban J connectivity index is 1.75. The van der Waals surface area contributed by atoms with E-state index in [2.05, 4.69) is 23.8 Å². The van der Waals surface area contributed by atoms with Crippen molar-refractivity contribution < 1.29 is 24.2 Å². The fourth-order valence-electron chi connectivity index (χ4n) is 4.53. The highest BCUT2D eigenvalue weighted by molar-refractivity contribution is 7.22. The van der Waals surface area contributed by atoms with Crippen LogP contribution in [0.25, 0.3) is 16.0 Å². The number of halogens is 2. The summed E-state index contributed by atoms with van der Waals surface area (Å²) in [5.74, 6) is -1.79. The van der Waals surface area contributed by atoms with Crippen LogP contribution in [-0.2, 0) is 9.59 Å². The van der Waals surface area contributed by atoms with E-state index in [0.717, 1.165) is 10.3 Å². The molecule has 0 aliphatic carbocycles. The summed E-state index contributed by atoms with van der Waals surface area (Å²) in [6.07, 6.45) is 1.55. The fraction of sp³-hybridized carbons (Fsp3) is 0.214. The smallest absolute Gasteiger partial charge is 0.301 e. The number of rotatable bonds is 6. The van der Waals surface area contributed by atoms with E-state index >= 15 is 0 Å². The number of anilines is 1. The molecule has 1 atom stereocenters. The molecule has 1 aliphatic rings. The van der Waals surface area contributed by atoms with Crippen LogP contribution >= 0.6 is 34.5 Å². The number of methoxy groups -OCH3 is 2. The van der Waals surface area contributed by atoms with Gasteiger partial charge in [-0.1, -0.05) is 60.5 Å². The number of aliphatic hydroxyl groups is 1. The van der Waals surface area contributed by atoms with Crippen molar-refractivity contribution in [3.8, 4) is 11.5 Å². The molecule has 3 heterocycles. The summed E-state index contributed by atoms with van der Waals surface area (Å²) in [7, 11) is 2.74. The summed E-state index contributed by atoms with van der Waals surface area (Å²) in [5.41, 5.74) is 2.01. The standard InChI is InChI=1S/C28H23Cl2N3O5S/c1-13(2)14-8-9-17-19(11-14)39-28(32-17)33-22(18-7-5-6-10-31-18)20(24(35)27(33)36)23(34)15-12-16(29)26(38-4)21(30)25(15)37-3/h5-13,22,34H,1-4H3/b23-20+. The van der Waals surface area contributed by atoms with Crippen molar-refractivity contribution in [1.82, 2.24) is 9.97 Å². The predicted molar refractivity (Wildman–Crippen MR) is 152 cm³/mol. The van der Waals surface area contributed by atoms with E-state index in [9.17, 15) is 14.7 Å². The normalized spacial score (nSPS) is 16.9. The molecule has 1 aliphatic heterocycles. The van der Waals surface area contributed by atoms with Crippen molar-refractivity contribution in [2.24, 2.45) is 0 Å². The zero-order chi connectivity index (χ0) is 28.0. The summed E-state index contributed by atoms with van der Waals surface area (Å²) >= 11 is 14.1. The first kappa shape index (κ1) is 26.9. The Morgan fingerprint density at radius 3 is 2.46 bits per heavy atom. The molecule has 0 saturated carbocycles. The van der Waals surface area contributed by atoms with Gasteiger partial charge in [0.25, 0.3) is 5.78 Å². The molecule has 1 amide bonds. The van der Waals surface area contributed by atoms with Crippen LogP contribution in [0.15, 0.2) is 54.2 Å². The van der Waals surface area contributed by atoms with Crippen molar-refractivity contribution in [2.45, 2.75) is 25.8 Å². The molecule has 11 heteroatoms. The van der Waals surface area contributed by atoms with Crippen molar-refractivity contribution >= 4 is 67.3 Å². The van der Waals surface area contributed by atoms with Gasteiger partial charge < -0.3 is 14.6 Å².